The number of anilines is 1. The first-order chi connectivity index (χ1) is 10.0. The molecular formula is C16H14FNO3. The molecule has 0 bridgehead atoms. The number of nitrogens with zero attached hydrogens (tertiary/aromatic N) is 1. The maximum atomic E-state index is 14.3. The zero-order valence-electron chi connectivity index (χ0n) is 11.7. The molecule has 0 radical (unpaired) electrons. The van der Waals surface area contributed by atoms with Crippen molar-refractivity contribution in [2.24, 2.45) is 0 Å². The van der Waals surface area contributed by atoms with Gasteiger partial charge in [0.2, 0.25) is 0 Å². The Labute approximate surface area is 121 Å². The summed E-state index contributed by atoms with van der Waals surface area (Å²) in [6.45, 7) is 1.87. The van der Waals surface area contributed by atoms with Gasteiger partial charge in [0.1, 0.15) is 0 Å². The molecule has 0 N–H and O–H groups in total. The summed E-state index contributed by atoms with van der Waals surface area (Å²) in [6.07, 6.45) is 0. The molecular weight excluding hydrogens is 273 g/mol. The topological polar surface area (TPSA) is 46.6 Å². The number of aryl methyl sites for hydroxylation is 1. The predicted molar refractivity (Wildman–Crippen MR) is 76.9 cm³/mol. The SMILES string of the molecule is COC(=O)c1ccccc1N(F)C(=O)c1ccc(C)cc1. The van der Waals surface area contributed by atoms with E-state index in [2.05, 4.69) is 4.74 Å². The maximum absolute atomic E-state index is 14.3. The Hall–Kier alpha value is -2.69. The second-order valence-corrected chi connectivity index (χ2v) is 4.46. The Kier molecular flexibility index (Phi) is 4.33. The molecule has 0 atom stereocenters. The number of hydrogen-bond donors (Lipinski definition) is 0. The third kappa shape index (κ3) is 3.08. The highest BCUT2D eigenvalue weighted by Gasteiger charge is 2.23. The highest BCUT2D eigenvalue weighted by Crippen LogP contribution is 2.23. The zero-order valence-corrected chi connectivity index (χ0v) is 11.7. The minimum absolute atomic E-state index is 0.0111. The average Bonchev–Trinajstić information content (AvgIpc) is 2.53. The van der Waals surface area contributed by atoms with Crippen molar-refractivity contribution in [1.82, 2.24) is 0 Å². The van der Waals surface area contributed by atoms with Gasteiger partial charge in [0.05, 0.1) is 18.4 Å². The number of amides is 1. The second kappa shape index (κ2) is 6.17. The number of carbonyl (C=O) groups is 2. The molecule has 2 aromatic rings. The summed E-state index contributed by atoms with van der Waals surface area (Å²) in [6, 6.07) is 12.3. The molecule has 5 heteroatoms. The van der Waals surface area contributed by atoms with Crippen molar-refractivity contribution >= 4 is 17.6 Å². The van der Waals surface area contributed by atoms with Crippen LogP contribution in [0.1, 0.15) is 26.3 Å². The van der Waals surface area contributed by atoms with Crippen LogP contribution >= 0.6 is 0 Å². The van der Waals surface area contributed by atoms with Gasteiger partial charge >= 0.3 is 5.97 Å². The van der Waals surface area contributed by atoms with Gasteiger partial charge in [-0.25, -0.2) is 4.79 Å². The fourth-order valence-electron chi connectivity index (χ4n) is 1.85. The van der Waals surface area contributed by atoms with Crippen molar-refractivity contribution < 1.29 is 18.8 Å². The molecule has 0 unspecified atom stereocenters. The lowest BCUT2D eigenvalue weighted by atomic mass is 10.1. The lowest BCUT2D eigenvalue weighted by molar-refractivity contribution is 0.0601. The first kappa shape index (κ1) is 14.7. The number of rotatable bonds is 3. The molecule has 0 aromatic heterocycles. The van der Waals surface area contributed by atoms with E-state index in [0.717, 1.165) is 5.56 Å². The number of ether oxygens (including phenoxy) is 1. The smallest absolute Gasteiger partial charge is 0.340 e. The molecule has 0 fully saturated rings. The fourth-order valence-corrected chi connectivity index (χ4v) is 1.85. The van der Waals surface area contributed by atoms with Gasteiger partial charge in [0, 0.05) is 5.56 Å². The maximum Gasteiger partial charge on any atom is 0.340 e. The van der Waals surface area contributed by atoms with Gasteiger partial charge in [-0.15, -0.1) is 5.12 Å². The molecule has 2 aromatic carbocycles. The van der Waals surface area contributed by atoms with Crippen LogP contribution < -0.4 is 5.12 Å². The normalized spacial score (nSPS) is 10.0. The van der Waals surface area contributed by atoms with Crippen molar-refractivity contribution in [1.29, 1.82) is 0 Å². The van der Waals surface area contributed by atoms with E-state index in [9.17, 15) is 14.1 Å². The van der Waals surface area contributed by atoms with E-state index in [1.54, 1.807) is 18.2 Å². The van der Waals surface area contributed by atoms with Crippen LogP contribution in [0.4, 0.5) is 10.2 Å². The molecule has 108 valence electrons. The number of methoxy groups -OCH3 is 1. The first-order valence-corrected chi connectivity index (χ1v) is 6.29. The Balaban J connectivity index is 2.36. The standard InChI is InChI=1S/C16H14FNO3/c1-11-7-9-12(10-8-11)15(19)18(17)14-6-4-3-5-13(14)16(20)21-2/h3-10H,1-2H3. The number of carbonyl (C=O) groups excluding carboxylic acids is 2. The van der Waals surface area contributed by atoms with Crippen LogP contribution in [0.3, 0.4) is 0 Å². The predicted octanol–water partition coefficient (Wildman–Crippen LogP) is 3.31. The van der Waals surface area contributed by atoms with E-state index in [-0.39, 0.29) is 21.9 Å². The summed E-state index contributed by atoms with van der Waals surface area (Å²) >= 11 is 0. The summed E-state index contributed by atoms with van der Waals surface area (Å²) in [5.41, 5.74) is 1.01. The third-order valence-corrected chi connectivity index (χ3v) is 3.00. The van der Waals surface area contributed by atoms with E-state index >= 15 is 0 Å². The molecule has 0 saturated heterocycles. The zero-order chi connectivity index (χ0) is 15.4. The summed E-state index contributed by atoms with van der Waals surface area (Å²) in [4.78, 5) is 23.7. The molecule has 0 saturated carbocycles. The van der Waals surface area contributed by atoms with Crippen LogP contribution in [0.25, 0.3) is 0 Å². The third-order valence-electron chi connectivity index (χ3n) is 3.00. The van der Waals surface area contributed by atoms with E-state index < -0.39 is 11.9 Å². The Morgan fingerprint density at radius 3 is 2.29 bits per heavy atom. The molecule has 21 heavy (non-hydrogen) atoms. The van der Waals surface area contributed by atoms with Gasteiger partial charge in [0.25, 0.3) is 5.91 Å². The van der Waals surface area contributed by atoms with Gasteiger partial charge in [-0.3, -0.25) is 4.79 Å². The molecule has 0 aliphatic heterocycles. The van der Waals surface area contributed by atoms with Crippen LogP contribution in [0.15, 0.2) is 48.5 Å². The highest BCUT2D eigenvalue weighted by atomic mass is 19.2. The van der Waals surface area contributed by atoms with Crippen molar-refractivity contribution in [3.63, 3.8) is 0 Å². The molecule has 0 spiro atoms. The van der Waals surface area contributed by atoms with Crippen LogP contribution in [0.2, 0.25) is 0 Å². The summed E-state index contributed by atoms with van der Waals surface area (Å²) in [5.74, 6) is -1.55. The van der Waals surface area contributed by atoms with Crippen LogP contribution in [-0.2, 0) is 4.74 Å². The number of benzene rings is 2. The van der Waals surface area contributed by atoms with Crippen molar-refractivity contribution in [2.75, 3.05) is 12.2 Å². The van der Waals surface area contributed by atoms with Crippen LogP contribution in [-0.4, -0.2) is 19.0 Å². The average molecular weight is 287 g/mol. The molecule has 0 aliphatic rings. The summed E-state index contributed by atoms with van der Waals surface area (Å²) < 4.78 is 18.9. The van der Waals surface area contributed by atoms with Gasteiger partial charge in [-0.2, -0.15) is 0 Å². The van der Waals surface area contributed by atoms with E-state index in [1.807, 2.05) is 6.92 Å². The Bertz CT molecular complexity index is 667. The number of halogens is 1. The Morgan fingerprint density at radius 1 is 1.05 bits per heavy atom. The van der Waals surface area contributed by atoms with Gasteiger partial charge in [-0.05, 0) is 31.2 Å². The molecule has 0 heterocycles. The highest BCUT2D eigenvalue weighted by molar-refractivity contribution is 6.08. The minimum atomic E-state index is -0.841. The molecule has 0 aliphatic carbocycles. The fraction of sp³-hybridized carbons (Fsp3) is 0.125. The van der Waals surface area contributed by atoms with Gasteiger partial charge in [-0.1, -0.05) is 34.3 Å². The number of esters is 1. The van der Waals surface area contributed by atoms with Crippen molar-refractivity contribution in [3.05, 3.63) is 65.2 Å². The molecule has 2 rings (SSSR count). The van der Waals surface area contributed by atoms with Crippen molar-refractivity contribution in [2.45, 2.75) is 6.92 Å². The monoisotopic (exact) mass is 287 g/mol. The molecule has 1 amide bonds. The number of hydrogen-bond acceptors (Lipinski definition) is 3. The van der Waals surface area contributed by atoms with E-state index in [1.165, 1.54) is 37.4 Å². The van der Waals surface area contributed by atoms with Gasteiger partial charge < -0.3 is 4.74 Å². The second-order valence-electron chi connectivity index (χ2n) is 4.46. The van der Waals surface area contributed by atoms with Crippen LogP contribution in [0.5, 0.6) is 0 Å². The lowest BCUT2D eigenvalue weighted by Crippen LogP contribution is -2.24. The largest absolute Gasteiger partial charge is 0.465 e. The minimum Gasteiger partial charge on any atom is -0.465 e. The van der Waals surface area contributed by atoms with Crippen LogP contribution in [0, 0.1) is 6.92 Å². The summed E-state index contributed by atoms with van der Waals surface area (Å²) in [5, 5.41) is -0.0447. The number of para-hydroxylation sites is 1. The van der Waals surface area contributed by atoms with E-state index in [0.29, 0.717) is 0 Å². The summed E-state index contributed by atoms with van der Waals surface area (Å²) in [7, 11) is 1.20. The molecule has 4 nitrogen and oxygen atoms in total. The lowest BCUT2D eigenvalue weighted by Gasteiger charge is -2.15. The van der Waals surface area contributed by atoms with Crippen molar-refractivity contribution in [3.8, 4) is 0 Å². The first-order valence-electron chi connectivity index (χ1n) is 6.29. The Morgan fingerprint density at radius 2 is 1.67 bits per heavy atom. The quantitative estimate of drug-likeness (QED) is 0.642. The van der Waals surface area contributed by atoms with E-state index in [4.69, 9.17) is 0 Å². The van der Waals surface area contributed by atoms with Gasteiger partial charge in [0.15, 0.2) is 0 Å².